The van der Waals surface area contributed by atoms with Crippen molar-refractivity contribution in [2.45, 2.75) is 88.1 Å². The molecule has 5 rings (SSSR count). The van der Waals surface area contributed by atoms with E-state index >= 15 is 0 Å². The smallest absolute Gasteiger partial charge is 0.407 e. The van der Waals surface area contributed by atoms with Crippen LogP contribution in [0.3, 0.4) is 0 Å². The molecule has 3 aromatic rings. The lowest BCUT2D eigenvalue weighted by Crippen LogP contribution is -2.54. The Morgan fingerprint density at radius 1 is 1.10 bits per heavy atom. The van der Waals surface area contributed by atoms with Crippen LogP contribution in [0.2, 0.25) is 0 Å². The number of hydrogen-bond donors (Lipinski definition) is 4. The Morgan fingerprint density at radius 3 is 2.52 bits per heavy atom. The largest absolute Gasteiger partial charge is 0.446 e. The number of carbonyl (C=O) groups excluding carboxylic acids is 1. The van der Waals surface area contributed by atoms with Gasteiger partial charge in [-0.1, -0.05) is 58.0 Å². The second-order valence-corrected chi connectivity index (χ2v) is 15.8. The van der Waals surface area contributed by atoms with Crippen LogP contribution in [0.5, 0.6) is 0 Å². The van der Waals surface area contributed by atoms with Gasteiger partial charge in [-0.25, -0.2) is 13.2 Å². The number of alkyl halides is 3. The van der Waals surface area contributed by atoms with Crippen LogP contribution in [0.4, 0.5) is 18.0 Å². The fourth-order valence-electron chi connectivity index (χ4n) is 6.67. The number of sulfonamides is 1. The number of fused-ring (bicyclic) bond motifs is 2. The molecule has 6 atom stereocenters. The predicted molar refractivity (Wildman–Crippen MR) is 181 cm³/mol. The first-order valence-electron chi connectivity index (χ1n) is 17.0. The van der Waals surface area contributed by atoms with Gasteiger partial charge in [-0.2, -0.15) is 17.5 Å². The van der Waals surface area contributed by atoms with Crippen molar-refractivity contribution in [2.24, 2.45) is 11.8 Å². The molecule has 0 spiro atoms. The van der Waals surface area contributed by atoms with Gasteiger partial charge in [0, 0.05) is 42.7 Å². The molecule has 15 heteroatoms. The minimum absolute atomic E-state index is 0.0435. The molecule has 2 aliphatic heterocycles. The summed E-state index contributed by atoms with van der Waals surface area (Å²) >= 11 is 0. The van der Waals surface area contributed by atoms with Crippen LogP contribution in [-0.4, -0.2) is 98.5 Å². The van der Waals surface area contributed by atoms with Crippen molar-refractivity contribution < 1.29 is 45.7 Å². The Balaban J connectivity index is 1.35. The van der Waals surface area contributed by atoms with Crippen molar-refractivity contribution in [1.29, 1.82) is 0 Å². The van der Waals surface area contributed by atoms with E-state index in [4.69, 9.17) is 14.2 Å². The summed E-state index contributed by atoms with van der Waals surface area (Å²) in [6, 6.07) is 12.3. The lowest BCUT2D eigenvalue weighted by atomic mass is 9.91. The van der Waals surface area contributed by atoms with E-state index in [1.807, 2.05) is 64.2 Å². The summed E-state index contributed by atoms with van der Waals surface area (Å²) in [7, 11) is -4.09. The van der Waals surface area contributed by atoms with Gasteiger partial charge in [-0.15, -0.1) is 0 Å². The van der Waals surface area contributed by atoms with Gasteiger partial charge in [-0.05, 0) is 47.6 Å². The summed E-state index contributed by atoms with van der Waals surface area (Å²) in [5.74, 6) is -0.608. The monoisotopic (exact) mass is 724 g/mol. The van der Waals surface area contributed by atoms with E-state index in [9.17, 15) is 31.5 Å². The molecule has 0 unspecified atom stereocenters. The topological polar surface area (TPSA) is 142 Å². The van der Waals surface area contributed by atoms with Crippen LogP contribution in [0.25, 0.3) is 10.9 Å². The van der Waals surface area contributed by atoms with E-state index in [0.717, 1.165) is 22.0 Å². The Labute approximate surface area is 290 Å². The summed E-state index contributed by atoms with van der Waals surface area (Å²) in [6.45, 7) is 6.51. The number of ether oxygens (including phenoxy) is 3. The average Bonchev–Trinajstić information content (AvgIpc) is 3.68. The molecule has 11 nitrogen and oxygen atoms in total. The second-order valence-electron chi connectivity index (χ2n) is 13.8. The first-order chi connectivity index (χ1) is 23.6. The van der Waals surface area contributed by atoms with Crippen molar-refractivity contribution in [2.75, 3.05) is 32.8 Å². The zero-order valence-electron chi connectivity index (χ0n) is 28.7. The van der Waals surface area contributed by atoms with E-state index < -0.39 is 65.3 Å². The van der Waals surface area contributed by atoms with E-state index in [1.54, 1.807) is 18.2 Å². The Morgan fingerprint density at radius 2 is 1.84 bits per heavy atom. The summed E-state index contributed by atoms with van der Waals surface area (Å²) in [5.41, 5.74) is 2.58. The molecule has 276 valence electrons. The number of halogens is 3. The summed E-state index contributed by atoms with van der Waals surface area (Å²) in [6.07, 6.45) is -6.10. The van der Waals surface area contributed by atoms with Gasteiger partial charge in [0.25, 0.3) is 0 Å². The van der Waals surface area contributed by atoms with Gasteiger partial charge in [-0.3, -0.25) is 0 Å². The third-order valence-corrected chi connectivity index (χ3v) is 11.0. The molecule has 50 heavy (non-hydrogen) atoms. The summed E-state index contributed by atoms with van der Waals surface area (Å²) < 4.78 is 85.4. The molecule has 4 N–H and O–H groups in total. The highest BCUT2D eigenvalue weighted by atomic mass is 32.2. The lowest BCUT2D eigenvalue weighted by Gasteiger charge is -2.36. The molecule has 0 bridgehead atoms. The van der Waals surface area contributed by atoms with E-state index in [2.05, 4.69) is 15.6 Å². The molecule has 0 radical (unpaired) electrons. The maximum Gasteiger partial charge on any atom is 0.407 e. The fourth-order valence-corrected chi connectivity index (χ4v) is 8.32. The molecule has 3 heterocycles. The average molecular weight is 725 g/mol. The highest BCUT2D eigenvalue weighted by Crippen LogP contribution is 2.34. The number of H-pyrrole nitrogens is 1. The highest BCUT2D eigenvalue weighted by molar-refractivity contribution is 7.89. The van der Waals surface area contributed by atoms with E-state index in [1.165, 1.54) is 4.31 Å². The first kappa shape index (κ1) is 38.0. The highest BCUT2D eigenvalue weighted by Gasteiger charge is 2.48. The molecule has 2 aliphatic rings. The molecule has 2 aromatic carbocycles. The van der Waals surface area contributed by atoms with Crippen LogP contribution in [0.15, 0.2) is 59.6 Å². The number of rotatable bonds is 14. The van der Waals surface area contributed by atoms with Gasteiger partial charge in [0.05, 0.1) is 42.7 Å². The van der Waals surface area contributed by atoms with Crippen LogP contribution >= 0.6 is 0 Å². The van der Waals surface area contributed by atoms with Crippen LogP contribution in [-0.2, 0) is 30.7 Å². The molecule has 0 aliphatic carbocycles. The third kappa shape index (κ3) is 9.36. The number of nitrogens with one attached hydrogen (secondary N) is 3. The number of aliphatic hydroxyl groups excluding tert-OH is 1. The van der Waals surface area contributed by atoms with Crippen molar-refractivity contribution in [3.8, 4) is 0 Å². The molecule has 1 aromatic heterocycles. The lowest BCUT2D eigenvalue weighted by molar-refractivity contribution is -0.181. The number of alkyl carbamates (subject to hydrolysis) is 1. The quantitative estimate of drug-likeness (QED) is 0.184. The number of aromatic nitrogens is 1. The van der Waals surface area contributed by atoms with Gasteiger partial charge in [0.15, 0.2) is 6.29 Å². The normalized spacial score (nSPS) is 22.6. The van der Waals surface area contributed by atoms with E-state index in [-0.39, 0.29) is 55.9 Å². The molecule has 0 saturated carbocycles. The van der Waals surface area contributed by atoms with Gasteiger partial charge in [0.2, 0.25) is 10.0 Å². The summed E-state index contributed by atoms with van der Waals surface area (Å²) in [5, 5.41) is 17.7. The predicted octanol–water partition coefficient (Wildman–Crippen LogP) is 4.92. The Bertz CT molecular complexity index is 1690. The number of aromatic amines is 1. The minimum atomic E-state index is -4.44. The zero-order chi connectivity index (χ0) is 36.2. The molecular formula is C35H47F3N4O7S. The maximum atomic E-state index is 14.2. The number of benzene rings is 2. The van der Waals surface area contributed by atoms with Crippen molar-refractivity contribution >= 4 is 27.0 Å². The van der Waals surface area contributed by atoms with Crippen molar-refractivity contribution in [3.63, 3.8) is 0 Å². The minimum Gasteiger partial charge on any atom is -0.446 e. The molecule has 1 amide bonds. The van der Waals surface area contributed by atoms with Gasteiger partial charge in [0.1, 0.15) is 6.10 Å². The second kappa shape index (κ2) is 16.0. The number of amides is 1. The van der Waals surface area contributed by atoms with Crippen LogP contribution in [0.1, 0.15) is 51.2 Å². The number of aliphatic hydroxyl groups is 1. The summed E-state index contributed by atoms with van der Waals surface area (Å²) in [4.78, 5) is 16.7. The van der Waals surface area contributed by atoms with Crippen LogP contribution < -0.4 is 10.6 Å². The third-order valence-electron chi connectivity index (χ3n) is 9.13. The van der Waals surface area contributed by atoms with Crippen molar-refractivity contribution in [3.05, 3.63) is 65.9 Å². The number of carbonyl (C=O) groups is 1. The van der Waals surface area contributed by atoms with Crippen molar-refractivity contribution in [1.82, 2.24) is 19.9 Å². The Hall–Kier alpha value is -3.21. The SMILES string of the molecule is CC(C)CN(C[C@@H](O)[C@H](Cc1ccccc1)NC(=O)O[C@H]1CCO[C@H]2OC[C@H](NCC(F)(F)F)[C@H]21)S(=O)(=O)c1ccc2[nH]cc(C(C)C)c2c1. The van der Waals surface area contributed by atoms with Crippen LogP contribution in [0, 0.1) is 11.8 Å². The number of nitrogens with zero attached hydrogens (tertiary/aromatic N) is 1. The molecule has 2 saturated heterocycles. The fraction of sp³-hybridized carbons (Fsp3) is 0.571. The van der Waals surface area contributed by atoms with E-state index in [0.29, 0.717) is 0 Å². The number of hydrogen-bond acceptors (Lipinski definition) is 8. The van der Waals surface area contributed by atoms with Gasteiger partial charge < -0.3 is 34.9 Å². The Kier molecular flexibility index (Phi) is 12.2. The maximum absolute atomic E-state index is 14.2. The standard InChI is InChI=1S/C35H47F3N4O7S/c1-21(2)17-42(50(45,46)24-10-11-27-25(15-24)26(16-39-27)22(3)4)18-30(43)28(14-23-8-6-5-7-9-23)41-34(44)49-31-12-13-47-33-32(31)29(19-48-33)40-20-35(36,37)38/h5-11,15-16,21-22,28-33,39-40,43H,12-14,17-20H2,1-4H3,(H,41,44)/t28-,29-,30+,31-,32-,33-/m0/s1. The molecular weight excluding hydrogens is 677 g/mol. The zero-order valence-corrected chi connectivity index (χ0v) is 29.5. The molecule has 2 fully saturated rings. The first-order valence-corrected chi connectivity index (χ1v) is 18.4. The van der Waals surface area contributed by atoms with Gasteiger partial charge >= 0.3 is 12.3 Å².